The number of carbonyl (C=O) groups is 1. The number of hydrogen-bond donors (Lipinski definition) is 1. The first-order chi connectivity index (χ1) is 7.79. The predicted octanol–water partition coefficient (Wildman–Crippen LogP) is 1.34. The van der Waals surface area contributed by atoms with Crippen LogP contribution in [-0.2, 0) is 14.3 Å². The first-order valence-electron chi connectivity index (χ1n) is 6.18. The van der Waals surface area contributed by atoms with Crippen molar-refractivity contribution in [3.05, 3.63) is 0 Å². The number of unbranched alkanes of at least 4 members (excludes halogenated alkanes) is 1. The molecule has 0 aromatic heterocycles. The molecule has 1 atom stereocenters. The van der Waals surface area contributed by atoms with Crippen LogP contribution in [-0.4, -0.2) is 38.9 Å². The molecule has 0 bridgehead atoms. The molecule has 0 amide bonds. The summed E-state index contributed by atoms with van der Waals surface area (Å²) >= 11 is 0. The second kappa shape index (κ2) is 7.63. The van der Waals surface area contributed by atoms with Crippen molar-refractivity contribution in [2.24, 2.45) is 5.92 Å². The van der Waals surface area contributed by atoms with Crippen LogP contribution in [0.1, 0.15) is 32.6 Å². The van der Waals surface area contributed by atoms with Gasteiger partial charge in [0, 0.05) is 13.2 Å². The largest absolute Gasteiger partial charge is 0.468 e. The minimum atomic E-state index is -0.143. The molecular weight excluding hydrogens is 206 g/mol. The summed E-state index contributed by atoms with van der Waals surface area (Å²) in [6.45, 7) is 4.34. The Morgan fingerprint density at radius 2 is 2.19 bits per heavy atom. The molecule has 0 aromatic rings. The molecule has 0 heterocycles. The van der Waals surface area contributed by atoms with Gasteiger partial charge < -0.3 is 14.8 Å². The van der Waals surface area contributed by atoms with E-state index in [4.69, 9.17) is 9.47 Å². The smallest absolute Gasteiger partial charge is 0.323 e. The quantitative estimate of drug-likeness (QED) is 0.479. The molecule has 0 saturated heterocycles. The summed E-state index contributed by atoms with van der Waals surface area (Å²) in [5, 5.41) is 3.21. The van der Waals surface area contributed by atoms with Crippen LogP contribution in [0.5, 0.6) is 0 Å². The summed E-state index contributed by atoms with van der Waals surface area (Å²) in [6.07, 6.45) is 4.51. The maximum Gasteiger partial charge on any atom is 0.323 e. The molecule has 4 nitrogen and oxygen atoms in total. The van der Waals surface area contributed by atoms with Crippen LogP contribution in [0.25, 0.3) is 0 Å². The van der Waals surface area contributed by atoms with Gasteiger partial charge in [0.25, 0.3) is 0 Å². The lowest BCUT2D eigenvalue weighted by Crippen LogP contribution is -2.41. The zero-order chi connectivity index (χ0) is 11.8. The second-order valence-corrected chi connectivity index (χ2v) is 4.26. The number of ether oxygens (including phenoxy) is 2. The summed E-state index contributed by atoms with van der Waals surface area (Å²) < 4.78 is 10.2. The van der Waals surface area contributed by atoms with E-state index in [1.165, 1.54) is 7.11 Å². The van der Waals surface area contributed by atoms with E-state index in [1.54, 1.807) is 0 Å². The highest BCUT2D eigenvalue weighted by molar-refractivity contribution is 5.76. The van der Waals surface area contributed by atoms with Gasteiger partial charge in [0.05, 0.1) is 13.7 Å². The Morgan fingerprint density at radius 1 is 1.44 bits per heavy atom. The zero-order valence-electron chi connectivity index (χ0n) is 10.3. The molecule has 1 saturated carbocycles. The first kappa shape index (κ1) is 13.5. The SMILES string of the molecule is CCCCOCCNC(C(=O)OC)C1CC1. The maximum absolute atomic E-state index is 11.4. The number of hydrogen-bond acceptors (Lipinski definition) is 4. The predicted molar refractivity (Wildman–Crippen MR) is 62.3 cm³/mol. The molecule has 94 valence electrons. The summed E-state index contributed by atoms with van der Waals surface area (Å²) in [7, 11) is 1.44. The van der Waals surface area contributed by atoms with Gasteiger partial charge in [-0.25, -0.2) is 0 Å². The van der Waals surface area contributed by atoms with Gasteiger partial charge in [0.15, 0.2) is 0 Å². The molecule has 0 aromatic carbocycles. The second-order valence-electron chi connectivity index (χ2n) is 4.26. The van der Waals surface area contributed by atoms with Crippen molar-refractivity contribution in [2.75, 3.05) is 26.9 Å². The van der Waals surface area contributed by atoms with Gasteiger partial charge in [-0.1, -0.05) is 13.3 Å². The van der Waals surface area contributed by atoms with Crippen molar-refractivity contribution < 1.29 is 14.3 Å². The van der Waals surface area contributed by atoms with E-state index in [2.05, 4.69) is 12.2 Å². The van der Waals surface area contributed by atoms with E-state index in [0.717, 1.165) is 38.8 Å². The Labute approximate surface area is 97.7 Å². The van der Waals surface area contributed by atoms with E-state index < -0.39 is 0 Å². The molecule has 0 spiro atoms. The van der Waals surface area contributed by atoms with E-state index in [1.807, 2.05) is 0 Å². The summed E-state index contributed by atoms with van der Waals surface area (Å²) in [6, 6.07) is -0.125. The molecule has 1 fully saturated rings. The topological polar surface area (TPSA) is 47.6 Å². The molecule has 1 aliphatic carbocycles. The van der Waals surface area contributed by atoms with E-state index in [9.17, 15) is 4.79 Å². The molecule has 1 rings (SSSR count). The number of nitrogens with one attached hydrogen (secondary N) is 1. The van der Waals surface area contributed by atoms with Gasteiger partial charge in [0.2, 0.25) is 0 Å². The summed E-state index contributed by atoms with van der Waals surface area (Å²) in [5.41, 5.74) is 0. The van der Waals surface area contributed by atoms with Crippen LogP contribution in [0, 0.1) is 5.92 Å². The lowest BCUT2D eigenvalue weighted by molar-refractivity contribution is -0.143. The highest BCUT2D eigenvalue weighted by Crippen LogP contribution is 2.32. The van der Waals surface area contributed by atoms with Gasteiger partial charge in [-0.15, -0.1) is 0 Å². The van der Waals surface area contributed by atoms with Gasteiger partial charge in [-0.2, -0.15) is 0 Å². The lowest BCUT2D eigenvalue weighted by atomic mass is 10.2. The fraction of sp³-hybridized carbons (Fsp3) is 0.917. The summed E-state index contributed by atoms with van der Waals surface area (Å²) in [4.78, 5) is 11.4. The van der Waals surface area contributed by atoms with Crippen LogP contribution in [0.2, 0.25) is 0 Å². The molecule has 4 heteroatoms. The fourth-order valence-corrected chi connectivity index (χ4v) is 1.63. The molecular formula is C12H23NO3. The van der Waals surface area contributed by atoms with Crippen LogP contribution in [0.15, 0.2) is 0 Å². The standard InChI is InChI=1S/C12H23NO3/c1-3-4-8-16-9-7-13-11(10-5-6-10)12(14)15-2/h10-11,13H,3-9H2,1-2H3. The first-order valence-corrected chi connectivity index (χ1v) is 6.18. The number of esters is 1. The fourth-order valence-electron chi connectivity index (χ4n) is 1.63. The monoisotopic (exact) mass is 229 g/mol. The van der Waals surface area contributed by atoms with Crippen LogP contribution in [0.4, 0.5) is 0 Å². The van der Waals surface area contributed by atoms with Crippen molar-refractivity contribution in [1.82, 2.24) is 5.32 Å². The summed E-state index contributed by atoms with van der Waals surface area (Å²) in [5.74, 6) is 0.333. The Kier molecular flexibility index (Phi) is 6.42. The highest BCUT2D eigenvalue weighted by Gasteiger charge is 2.36. The Balaban J connectivity index is 2.06. The van der Waals surface area contributed by atoms with Crippen molar-refractivity contribution in [3.63, 3.8) is 0 Å². The van der Waals surface area contributed by atoms with Gasteiger partial charge in [-0.3, -0.25) is 4.79 Å². The van der Waals surface area contributed by atoms with Crippen molar-refractivity contribution in [2.45, 2.75) is 38.6 Å². The van der Waals surface area contributed by atoms with Crippen molar-refractivity contribution >= 4 is 5.97 Å². The number of methoxy groups -OCH3 is 1. The Morgan fingerprint density at radius 3 is 2.75 bits per heavy atom. The average molecular weight is 229 g/mol. The molecule has 0 radical (unpaired) electrons. The number of carbonyl (C=O) groups excluding carboxylic acids is 1. The van der Waals surface area contributed by atoms with Gasteiger partial charge in [-0.05, 0) is 25.2 Å². The Bertz CT molecular complexity index is 204. The third-order valence-electron chi connectivity index (χ3n) is 2.80. The lowest BCUT2D eigenvalue weighted by Gasteiger charge is -2.15. The normalized spacial score (nSPS) is 17.1. The molecule has 0 aliphatic heterocycles. The van der Waals surface area contributed by atoms with Crippen LogP contribution in [0.3, 0.4) is 0 Å². The molecule has 1 N–H and O–H groups in total. The highest BCUT2D eigenvalue weighted by atomic mass is 16.5. The minimum Gasteiger partial charge on any atom is -0.468 e. The van der Waals surface area contributed by atoms with E-state index in [-0.39, 0.29) is 12.0 Å². The minimum absolute atomic E-state index is 0.125. The van der Waals surface area contributed by atoms with Crippen LogP contribution < -0.4 is 5.32 Å². The van der Waals surface area contributed by atoms with Crippen molar-refractivity contribution in [3.8, 4) is 0 Å². The average Bonchev–Trinajstić information content (AvgIpc) is 3.11. The third kappa shape index (κ3) is 4.94. The molecule has 16 heavy (non-hydrogen) atoms. The van der Waals surface area contributed by atoms with E-state index >= 15 is 0 Å². The van der Waals surface area contributed by atoms with Gasteiger partial charge >= 0.3 is 5.97 Å². The molecule has 1 aliphatic rings. The van der Waals surface area contributed by atoms with Crippen LogP contribution >= 0.6 is 0 Å². The Hall–Kier alpha value is -0.610. The van der Waals surface area contributed by atoms with E-state index in [0.29, 0.717) is 12.5 Å². The zero-order valence-corrected chi connectivity index (χ0v) is 10.3. The molecule has 1 unspecified atom stereocenters. The number of rotatable bonds is 9. The third-order valence-corrected chi connectivity index (χ3v) is 2.80. The van der Waals surface area contributed by atoms with Gasteiger partial charge in [0.1, 0.15) is 6.04 Å². The van der Waals surface area contributed by atoms with Crippen molar-refractivity contribution in [1.29, 1.82) is 0 Å². The maximum atomic E-state index is 11.4.